The van der Waals surface area contributed by atoms with Crippen LogP contribution in [-0.4, -0.2) is 51.3 Å². The van der Waals surface area contributed by atoms with Gasteiger partial charge in [0, 0.05) is 51.1 Å². The number of hydrogen-bond acceptors (Lipinski definition) is 3. The summed E-state index contributed by atoms with van der Waals surface area (Å²) in [5.41, 5.74) is 4.88. The summed E-state index contributed by atoms with van der Waals surface area (Å²) < 4.78 is 5.14. The zero-order valence-electron chi connectivity index (χ0n) is 20.9. The highest BCUT2D eigenvalue weighted by atomic mass is 35.5. The van der Waals surface area contributed by atoms with E-state index in [1.807, 2.05) is 0 Å². The molecule has 3 fully saturated rings. The predicted octanol–water partition coefficient (Wildman–Crippen LogP) is 5.96. The van der Waals surface area contributed by atoms with Gasteiger partial charge in [-0.25, -0.2) is 0 Å². The Balaban J connectivity index is 0.00000289. The standard InChI is InChI=1S/C28H42N2O.ClH/c1-27(2)18-24(19-28(3,4)21-27)25-17-22(7-6-16-31-5)10-11-26(25)30-14-12-29(13-15-30)20-23-8-9-23;/h10-11,17,23-24H,8-9,12-16,18-21H2,1-5H3;1H. The summed E-state index contributed by atoms with van der Waals surface area (Å²) in [6.07, 6.45) is 6.73. The number of methoxy groups -OCH3 is 1. The van der Waals surface area contributed by atoms with Crippen LogP contribution >= 0.6 is 12.4 Å². The zero-order chi connectivity index (χ0) is 22.1. The van der Waals surface area contributed by atoms with Gasteiger partial charge in [0.05, 0.1) is 0 Å². The van der Waals surface area contributed by atoms with Crippen LogP contribution in [0, 0.1) is 28.6 Å². The third-order valence-electron chi connectivity index (χ3n) is 7.40. The summed E-state index contributed by atoms with van der Waals surface area (Å²) in [7, 11) is 1.71. The zero-order valence-corrected chi connectivity index (χ0v) is 21.7. The molecule has 0 unspecified atom stereocenters. The molecule has 3 nitrogen and oxygen atoms in total. The molecule has 4 rings (SSSR count). The summed E-state index contributed by atoms with van der Waals surface area (Å²) in [6, 6.07) is 6.98. The van der Waals surface area contributed by atoms with Gasteiger partial charge >= 0.3 is 0 Å². The maximum atomic E-state index is 5.14. The molecule has 2 aliphatic carbocycles. The van der Waals surface area contributed by atoms with Crippen LogP contribution in [0.3, 0.4) is 0 Å². The minimum atomic E-state index is 0. The van der Waals surface area contributed by atoms with Crippen molar-refractivity contribution in [2.45, 2.75) is 65.7 Å². The van der Waals surface area contributed by atoms with E-state index in [-0.39, 0.29) is 12.4 Å². The first-order chi connectivity index (χ1) is 14.7. The molecule has 1 heterocycles. The molecule has 0 radical (unpaired) electrons. The van der Waals surface area contributed by atoms with Gasteiger partial charge in [-0.05, 0) is 78.5 Å². The number of hydrogen-bond donors (Lipinski definition) is 0. The van der Waals surface area contributed by atoms with Gasteiger partial charge in [0.15, 0.2) is 0 Å². The van der Waals surface area contributed by atoms with Crippen LogP contribution in [0.25, 0.3) is 0 Å². The average Bonchev–Trinajstić information content (AvgIpc) is 3.50. The minimum Gasteiger partial charge on any atom is -0.372 e. The van der Waals surface area contributed by atoms with Gasteiger partial charge in [-0.15, -0.1) is 12.4 Å². The molecular formula is C28H43ClN2O. The highest BCUT2D eigenvalue weighted by Crippen LogP contribution is 2.53. The van der Waals surface area contributed by atoms with Crippen molar-refractivity contribution in [1.29, 1.82) is 0 Å². The summed E-state index contributed by atoms with van der Waals surface area (Å²) in [5.74, 6) is 8.07. The van der Waals surface area contributed by atoms with Crippen LogP contribution in [0.1, 0.15) is 76.8 Å². The first-order valence-electron chi connectivity index (χ1n) is 12.3. The molecule has 1 saturated heterocycles. The van der Waals surface area contributed by atoms with Crippen LogP contribution in [0.4, 0.5) is 5.69 Å². The first kappa shape index (κ1) is 25.4. The molecule has 0 bridgehead atoms. The quantitative estimate of drug-likeness (QED) is 0.506. The molecule has 2 saturated carbocycles. The number of halogens is 1. The van der Waals surface area contributed by atoms with Gasteiger partial charge in [-0.1, -0.05) is 39.5 Å². The van der Waals surface area contributed by atoms with Gasteiger partial charge in [0.1, 0.15) is 6.61 Å². The Labute approximate surface area is 202 Å². The van der Waals surface area contributed by atoms with Gasteiger partial charge in [-0.2, -0.15) is 0 Å². The molecule has 0 spiro atoms. The van der Waals surface area contributed by atoms with E-state index in [1.54, 1.807) is 7.11 Å². The van der Waals surface area contributed by atoms with Crippen molar-refractivity contribution < 1.29 is 4.74 Å². The molecule has 1 aliphatic heterocycles. The van der Waals surface area contributed by atoms with Crippen LogP contribution in [0.15, 0.2) is 18.2 Å². The van der Waals surface area contributed by atoms with Gasteiger partial charge in [0.2, 0.25) is 0 Å². The highest BCUT2D eigenvalue weighted by molar-refractivity contribution is 5.85. The van der Waals surface area contributed by atoms with E-state index in [4.69, 9.17) is 4.74 Å². The largest absolute Gasteiger partial charge is 0.372 e. The van der Waals surface area contributed by atoms with Crippen molar-refractivity contribution in [3.05, 3.63) is 29.3 Å². The number of nitrogens with zero attached hydrogens (tertiary/aromatic N) is 2. The van der Waals surface area contributed by atoms with Gasteiger partial charge in [-0.3, -0.25) is 4.90 Å². The molecule has 0 amide bonds. The van der Waals surface area contributed by atoms with E-state index in [1.165, 1.54) is 63.0 Å². The molecule has 1 aromatic rings. The average molecular weight is 459 g/mol. The predicted molar refractivity (Wildman–Crippen MR) is 138 cm³/mol. The summed E-state index contributed by atoms with van der Waals surface area (Å²) in [5, 5.41) is 0. The Hall–Kier alpha value is -1.21. The fourth-order valence-corrected chi connectivity index (χ4v) is 6.36. The Morgan fingerprint density at radius 3 is 2.25 bits per heavy atom. The van der Waals surface area contributed by atoms with Gasteiger partial charge in [0.25, 0.3) is 0 Å². The first-order valence-corrected chi connectivity index (χ1v) is 12.3. The van der Waals surface area contributed by atoms with Crippen molar-refractivity contribution >= 4 is 18.1 Å². The maximum Gasteiger partial charge on any atom is 0.107 e. The summed E-state index contributed by atoms with van der Waals surface area (Å²) in [4.78, 5) is 5.34. The van der Waals surface area contributed by atoms with Crippen molar-refractivity contribution in [3.63, 3.8) is 0 Å². The van der Waals surface area contributed by atoms with Crippen molar-refractivity contribution in [2.75, 3.05) is 51.3 Å². The van der Waals surface area contributed by atoms with E-state index in [9.17, 15) is 0 Å². The lowest BCUT2D eigenvalue weighted by Gasteiger charge is -2.46. The fraction of sp³-hybridized carbons (Fsp3) is 0.714. The van der Waals surface area contributed by atoms with E-state index >= 15 is 0 Å². The summed E-state index contributed by atoms with van der Waals surface area (Å²) in [6.45, 7) is 16.3. The molecular weight excluding hydrogens is 416 g/mol. The molecule has 32 heavy (non-hydrogen) atoms. The molecule has 0 atom stereocenters. The Kier molecular flexibility index (Phi) is 8.24. The molecule has 4 heteroatoms. The number of anilines is 1. The lowest BCUT2D eigenvalue weighted by atomic mass is 9.60. The van der Waals surface area contributed by atoms with E-state index in [0.717, 1.165) is 24.6 Å². The van der Waals surface area contributed by atoms with Crippen LogP contribution in [-0.2, 0) is 4.74 Å². The Morgan fingerprint density at radius 1 is 1.00 bits per heavy atom. The molecule has 3 aliphatic rings. The monoisotopic (exact) mass is 458 g/mol. The second kappa shape index (κ2) is 10.4. The normalized spacial score (nSPS) is 23.2. The molecule has 1 aromatic carbocycles. The lowest BCUT2D eigenvalue weighted by molar-refractivity contribution is 0.0969. The van der Waals surface area contributed by atoms with Crippen LogP contribution < -0.4 is 4.90 Å². The Morgan fingerprint density at radius 2 is 1.66 bits per heavy atom. The lowest BCUT2D eigenvalue weighted by Crippen LogP contribution is -2.47. The number of piperazine rings is 1. The molecule has 178 valence electrons. The van der Waals surface area contributed by atoms with Crippen molar-refractivity contribution in [3.8, 4) is 11.8 Å². The number of rotatable bonds is 5. The minimum absolute atomic E-state index is 0. The highest BCUT2D eigenvalue weighted by Gasteiger charge is 2.40. The summed E-state index contributed by atoms with van der Waals surface area (Å²) >= 11 is 0. The molecule has 0 N–H and O–H groups in total. The van der Waals surface area contributed by atoms with E-state index in [2.05, 4.69) is 67.5 Å². The Bertz CT molecular complexity index is 810. The SMILES string of the molecule is COCC#Cc1ccc(N2CCN(CC3CC3)CC2)c(C2CC(C)(C)CC(C)(C)C2)c1.Cl. The maximum absolute atomic E-state index is 5.14. The van der Waals surface area contributed by atoms with Crippen LogP contribution in [0.2, 0.25) is 0 Å². The second-order valence-corrected chi connectivity index (χ2v) is 11.8. The smallest absolute Gasteiger partial charge is 0.107 e. The van der Waals surface area contributed by atoms with Crippen molar-refractivity contribution in [2.24, 2.45) is 16.7 Å². The number of benzene rings is 1. The van der Waals surface area contributed by atoms with E-state index < -0.39 is 0 Å². The number of ether oxygens (including phenoxy) is 1. The van der Waals surface area contributed by atoms with E-state index in [0.29, 0.717) is 23.4 Å². The fourth-order valence-electron chi connectivity index (χ4n) is 6.36. The topological polar surface area (TPSA) is 15.7 Å². The third-order valence-corrected chi connectivity index (χ3v) is 7.40. The van der Waals surface area contributed by atoms with Gasteiger partial charge < -0.3 is 9.64 Å². The third kappa shape index (κ3) is 6.66. The van der Waals surface area contributed by atoms with Crippen LogP contribution in [0.5, 0.6) is 0 Å². The second-order valence-electron chi connectivity index (χ2n) is 11.8. The van der Waals surface area contributed by atoms with Crippen molar-refractivity contribution in [1.82, 2.24) is 4.90 Å². The molecule has 0 aromatic heterocycles.